The number of benzene rings is 1. The van der Waals surface area contributed by atoms with Crippen molar-refractivity contribution >= 4 is 65.6 Å². The fourth-order valence-electron chi connectivity index (χ4n) is 5.45. The molecule has 4 heterocycles. The van der Waals surface area contributed by atoms with Crippen molar-refractivity contribution < 1.29 is 43.2 Å². The van der Waals surface area contributed by atoms with Crippen molar-refractivity contribution in [2.45, 2.75) is 28.9 Å². The number of carbonyl (C=O) groups is 7. The number of carboxylic acids is 1. The zero-order valence-corrected chi connectivity index (χ0v) is 27.0. The van der Waals surface area contributed by atoms with Crippen molar-refractivity contribution in [1.82, 2.24) is 30.7 Å². The van der Waals surface area contributed by atoms with Crippen molar-refractivity contribution in [1.29, 1.82) is 0 Å². The molecule has 15 nitrogen and oxygen atoms in total. The van der Waals surface area contributed by atoms with E-state index in [0.717, 1.165) is 9.80 Å². The predicted molar refractivity (Wildman–Crippen MR) is 168 cm³/mol. The summed E-state index contributed by atoms with van der Waals surface area (Å²) in [5, 5.41) is 16.5. The number of imide groups is 1. The molecule has 2 saturated heterocycles. The Morgan fingerprint density at radius 2 is 1.81 bits per heavy atom. The van der Waals surface area contributed by atoms with Crippen LogP contribution in [0.2, 0.25) is 0 Å². The van der Waals surface area contributed by atoms with Gasteiger partial charge in [-0.15, -0.1) is 23.5 Å². The van der Waals surface area contributed by atoms with Crippen LogP contribution in [0.15, 0.2) is 71.0 Å². The number of thioether (sulfide) groups is 2. The Kier molecular flexibility index (Phi) is 9.85. The van der Waals surface area contributed by atoms with E-state index in [0.29, 0.717) is 10.5 Å². The molecule has 17 heteroatoms. The predicted octanol–water partition coefficient (Wildman–Crippen LogP) is -0.443. The Balaban J connectivity index is 1.38. The van der Waals surface area contributed by atoms with Gasteiger partial charge < -0.3 is 26.0 Å². The van der Waals surface area contributed by atoms with E-state index in [9.17, 15) is 38.7 Å². The highest BCUT2D eigenvalue weighted by molar-refractivity contribution is 8.01. The van der Waals surface area contributed by atoms with Crippen LogP contribution in [0, 0.1) is 0 Å². The second kappa shape index (κ2) is 13.8. The number of likely N-dealkylation sites (N-methyl/N-ethyl adjacent to an activating group) is 1. The third-order valence-electron chi connectivity index (χ3n) is 7.92. The average Bonchev–Trinajstić information content (AvgIpc) is 3.07. The average molecular weight is 683 g/mol. The molecule has 1 aromatic carbocycles. The first-order valence-electron chi connectivity index (χ1n) is 14.5. The number of rotatable bonds is 11. The molecule has 0 saturated carbocycles. The normalized spacial score (nSPS) is 21.4. The van der Waals surface area contributed by atoms with Crippen LogP contribution in [-0.4, -0.2) is 104 Å². The molecule has 47 heavy (non-hydrogen) atoms. The zero-order valence-electron chi connectivity index (χ0n) is 25.4. The quantitative estimate of drug-likeness (QED) is 0.0604. The lowest BCUT2D eigenvalue weighted by Crippen LogP contribution is -2.85. The number of piperazine rings is 1. The monoisotopic (exact) mass is 682 g/mol. The van der Waals surface area contributed by atoms with Gasteiger partial charge in [0.05, 0.1) is 0 Å². The van der Waals surface area contributed by atoms with Crippen LogP contribution in [0.4, 0.5) is 4.79 Å². The topological polar surface area (TPSA) is 189 Å². The lowest BCUT2D eigenvalue weighted by Gasteiger charge is -2.56. The molecular formula is C30H32N7O8S2+. The van der Waals surface area contributed by atoms with E-state index in [1.807, 2.05) is 36.1 Å². The summed E-state index contributed by atoms with van der Waals surface area (Å²) in [7, 11) is 1.87. The highest BCUT2D eigenvalue weighted by Gasteiger charge is 2.66. The summed E-state index contributed by atoms with van der Waals surface area (Å²) < 4.78 is 1.86. The molecule has 3 aliphatic rings. The van der Waals surface area contributed by atoms with E-state index in [1.165, 1.54) is 28.4 Å². The molecule has 0 aliphatic carbocycles. The first kappa shape index (κ1) is 33.5. The van der Waals surface area contributed by atoms with Crippen molar-refractivity contribution in [3.8, 4) is 0 Å². The molecule has 0 radical (unpaired) electrons. The number of hydrogen-bond donors (Lipinski definition) is 4. The minimum atomic E-state index is -2.03. The van der Waals surface area contributed by atoms with Crippen molar-refractivity contribution in [3.63, 3.8) is 0 Å². The van der Waals surface area contributed by atoms with Gasteiger partial charge in [-0.3, -0.25) is 33.8 Å². The van der Waals surface area contributed by atoms with Crippen molar-refractivity contribution in [2.75, 3.05) is 31.1 Å². The molecule has 7 amide bonds. The maximum Gasteiger partial charge on any atom is 0.352 e. The Labute approximate surface area is 277 Å². The van der Waals surface area contributed by atoms with Gasteiger partial charge in [-0.1, -0.05) is 30.3 Å². The molecule has 5 rings (SSSR count). The summed E-state index contributed by atoms with van der Waals surface area (Å²) in [6, 6.07) is 9.29. The van der Waals surface area contributed by atoms with E-state index < -0.39 is 52.7 Å². The Morgan fingerprint density at radius 1 is 1.11 bits per heavy atom. The molecule has 0 bridgehead atoms. The molecule has 1 aromatic heterocycles. The molecular weight excluding hydrogens is 651 g/mol. The van der Waals surface area contributed by atoms with E-state index in [1.54, 1.807) is 37.3 Å². The number of fused-ring (bicyclic) bond motifs is 1. The maximum absolute atomic E-state index is 13.9. The van der Waals surface area contributed by atoms with Crippen LogP contribution in [0.25, 0.3) is 0 Å². The van der Waals surface area contributed by atoms with Crippen LogP contribution in [0.5, 0.6) is 0 Å². The fourth-order valence-corrected chi connectivity index (χ4v) is 7.89. The summed E-state index contributed by atoms with van der Waals surface area (Å²) in [4.78, 5) is 94.2. The van der Waals surface area contributed by atoms with E-state index >= 15 is 0 Å². The van der Waals surface area contributed by atoms with E-state index in [2.05, 4.69) is 16.0 Å². The number of aryl methyl sites for hydroxylation is 1. The van der Waals surface area contributed by atoms with Crippen LogP contribution in [0.1, 0.15) is 18.5 Å². The second-order valence-corrected chi connectivity index (χ2v) is 12.9. The van der Waals surface area contributed by atoms with Gasteiger partial charge in [-0.05, 0) is 18.1 Å². The number of carbonyl (C=O) groups excluding carboxylic acids is 6. The summed E-state index contributed by atoms with van der Waals surface area (Å²) in [6.07, 6.45) is 3.95. The van der Waals surface area contributed by atoms with Gasteiger partial charge in [0.2, 0.25) is 18.0 Å². The third kappa shape index (κ3) is 6.40. The van der Waals surface area contributed by atoms with Crippen LogP contribution < -0.4 is 20.5 Å². The highest BCUT2D eigenvalue weighted by atomic mass is 32.2. The molecule has 1 unspecified atom stereocenters. The van der Waals surface area contributed by atoms with Gasteiger partial charge in [0.25, 0.3) is 5.91 Å². The molecule has 3 atom stereocenters. The summed E-state index contributed by atoms with van der Waals surface area (Å²) in [5.74, 6) is -4.55. The minimum Gasteiger partial charge on any atom is -0.477 e. The minimum absolute atomic E-state index is 0.0933. The Hall–Kier alpha value is -4.90. The first-order valence-corrected chi connectivity index (χ1v) is 16.5. The molecule has 2 aromatic rings. The Bertz CT molecular complexity index is 1650. The number of β-lactam (4-membered cyclic amide) rings is 1. The lowest BCUT2D eigenvalue weighted by atomic mass is 9.94. The first-order chi connectivity index (χ1) is 22.5. The van der Waals surface area contributed by atoms with Crippen LogP contribution in [0.3, 0.4) is 0 Å². The number of hydrogen-bond acceptors (Lipinski definition) is 9. The molecule has 3 aliphatic heterocycles. The summed E-state index contributed by atoms with van der Waals surface area (Å²) in [6.45, 7) is 2.02. The van der Waals surface area contributed by atoms with Gasteiger partial charge in [0.15, 0.2) is 12.4 Å². The summed E-state index contributed by atoms with van der Waals surface area (Å²) >= 11 is 2.57. The van der Waals surface area contributed by atoms with Crippen LogP contribution >= 0.6 is 23.5 Å². The smallest absolute Gasteiger partial charge is 0.352 e. The van der Waals surface area contributed by atoms with E-state index in [-0.39, 0.29) is 48.8 Å². The van der Waals surface area contributed by atoms with Gasteiger partial charge in [0.1, 0.15) is 24.2 Å². The van der Waals surface area contributed by atoms with Gasteiger partial charge in [-0.25, -0.2) is 14.2 Å². The number of pyridine rings is 1. The van der Waals surface area contributed by atoms with Crippen molar-refractivity contribution in [3.05, 3.63) is 71.7 Å². The van der Waals surface area contributed by atoms with Gasteiger partial charge >= 0.3 is 23.8 Å². The number of aromatic nitrogens is 1. The number of carboxylic acid groups (broad SMARTS) is 1. The SMILES string of the molecule is CCN1CCN(C(=O)NC(C(=O)N[C@]2(NC=O)C(=O)N3C(C(=O)O)=C(CSc4cc[n+](C)cc4)CS[C@@H]32)c2ccccc2)C(=O)C1=O. The molecule has 4 N–H and O–H groups in total. The Morgan fingerprint density at radius 3 is 2.45 bits per heavy atom. The number of urea groups is 1. The molecule has 2 fully saturated rings. The largest absolute Gasteiger partial charge is 0.477 e. The van der Waals surface area contributed by atoms with Crippen LogP contribution in [-0.2, 0) is 35.8 Å². The molecule has 246 valence electrons. The molecule has 0 spiro atoms. The fraction of sp³-hybridized carbons (Fsp3) is 0.333. The number of aliphatic carboxylic acids is 1. The zero-order chi connectivity index (χ0) is 33.9. The van der Waals surface area contributed by atoms with Crippen molar-refractivity contribution in [2.24, 2.45) is 7.05 Å². The second-order valence-electron chi connectivity index (χ2n) is 10.8. The highest BCUT2D eigenvalue weighted by Crippen LogP contribution is 2.46. The van der Waals surface area contributed by atoms with E-state index in [4.69, 9.17) is 0 Å². The number of amides is 7. The van der Waals surface area contributed by atoms with Gasteiger partial charge in [0, 0.05) is 48.2 Å². The standard InChI is InChI=1S/C30H31N7O8S2/c1-3-35-13-14-36(25(41)24(35)40)29(45)32-21(18-7-5-4-6-8-18)23(39)33-30(31-17-38)27(44)37-22(26(42)43)19(16-47-28(30)37)15-46-20-9-11-34(2)12-10-20/h4-12,17,21,28H,3,13-16H2,1-2H3,(H3-,31,32,33,38,39,42,43,45)/p+1/t21?,28-,30-/m1/s1. The number of nitrogens with one attached hydrogen (secondary N) is 3. The van der Waals surface area contributed by atoms with Gasteiger partial charge in [-0.2, -0.15) is 0 Å². The lowest BCUT2D eigenvalue weighted by molar-refractivity contribution is -0.671. The maximum atomic E-state index is 13.9. The number of nitrogens with zero attached hydrogens (tertiary/aromatic N) is 4. The summed E-state index contributed by atoms with van der Waals surface area (Å²) in [5.41, 5.74) is -1.49. The third-order valence-corrected chi connectivity index (χ3v) is 10.4.